The molecule has 0 bridgehead atoms. The Labute approximate surface area is 118 Å². The Morgan fingerprint density at radius 1 is 1.11 bits per heavy atom. The molecule has 1 aliphatic rings. The van der Waals surface area contributed by atoms with Crippen molar-refractivity contribution < 1.29 is 9.47 Å². The summed E-state index contributed by atoms with van der Waals surface area (Å²) in [5, 5.41) is 3.51. The quantitative estimate of drug-likeness (QED) is 0.693. The van der Waals surface area contributed by atoms with E-state index in [0.29, 0.717) is 12.1 Å². The summed E-state index contributed by atoms with van der Waals surface area (Å²) in [6, 6.07) is 1.23. The summed E-state index contributed by atoms with van der Waals surface area (Å²) in [5.41, 5.74) is 0. The minimum Gasteiger partial charge on any atom is -0.383 e. The van der Waals surface area contributed by atoms with E-state index in [4.69, 9.17) is 9.47 Å². The second kappa shape index (κ2) is 9.70. The fourth-order valence-electron chi connectivity index (χ4n) is 3.20. The highest BCUT2D eigenvalue weighted by atomic mass is 16.5. The fraction of sp³-hybridized carbons (Fsp3) is 1.00. The van der Waals surface area contributed by atoms with Crippen molar-refractivity contribution in [3.8, 4) is 0 Å². The Balaban J connectivity index is 2.63. The molecular weight excluding hydrogens is 240 g/mol. The van der Waals surface area contributed by atoms with Crippen LogP contribution in [0, 0.1) is 5.92 Å². The van der Waals surface area contributed by atoms with Crippen molar-refractivity contribution in [2.45, 2.75) is 44.7 Å². The van der Waals surface area contributed by atoms with Gasteiger partial charge in [-0.2, -0.15) is 0 Å². The topological polar surface area (TPSA) is 33.7 Å². The van der Waals surface area contributed by atoms with Crippen LogP contribution >= 0.6 is 0 Å². The first-order chi connectivity index (χ1) is 9.26. The second-order valence-corrected chi connectivity index (χ2v) is 5.57. The first-order valence-electron chi connectivity index (χ1n) is 7.65. The molecule has 0 aromatic rings. The molecule has 1 rings (SSSR count). The first-order valence-corrected chi connectivity index (χ1v) is 7.65. The third-order valence-corrected chi connectivity index (χ3v) is 4.51. The van der Waals surface area contributed by atoms with Gasteiger partial charge in [-0.1, -0.05) is 13.3 Å². The van der Waals surface area contributed by atoms with Crippen LogP contribution in [0.1, 0.15) is 32.6 Å². The Kier molecular flexibility index (Phi) is 8.62. The zero-order valence-corrected chi connectivity index (χ0v) is 13.2. The van der Waals surface area contributed by atoms with Gasteiger partial charge in [0.05, 0.1) is 13.2 Å². The molecule has 0 aromatic heterocycles. The molecule has 0 aromatic carbocycles. The molecule has 0 radical (unpaired) electrons. The van der Waals surface area contributed by atoms with Gasteiger partial charge < -0.3 is 14.8 Å². The van der Waals surface area contributed by atoms with Crippen LogP contribution in [0.4, 0.5) is 0 Å². The number of methoxy groups -OCH3 is 2. The molecule has 1 fully saturated rings. The van der Waals surface area contributed by atoms with E-state index in [0.717, 1.165) is 32.2 Å². The summed E-state index contributed by atoms with van der Waals surface area (Å²) >= 11 is 0. The minimum atomic E-state index is 0.608. The van der Waals surface area contributed by atoms with Crippen LogP contribution in [0.15, 0.2) is 0 Å². The summed E-state index contributed by atoms with van der Waals surface area (Å²) in [6.07, 6.45) is 5.25. The lowest BCUT2D eigenvalue weighted by Gasteiger charge is -2.42. The highest BCUT2D eigenvalue weighted by Crippen LogP contribution is 2.30. The van der Waals surface area contributed by atoms with E-state index in [1.165, 1.54) is 25.7 Å². The molecule has 0 aliphatic heterocycles. The standard InChI is InChI=1S/C15H32N2O2/c1-5-13-6-7-14(16-2)15(12-13)17(8-10-18-3)9-11-19-4/h13-16H,5-12H2,1-4H3. The smallest absolute Gasteiger partial charge is 0.0589 e. The fourth-order valence-corrected chi connectivity index (χ4v) is 3.20. The van der Waals surface area contributed by atoms with Crippen LogP contribution < -0.4 is 5.32 Å². The van der Waals surface area contributed by atoms with Gasteiger partial charge in [0, 0.05) is 39.4 Å². The highest BCUT2D eigenvalue weighted by molar-refractivity contribution is 4.90. The maximum Gasteiger partial charge on any atom is 0.0589 e. The number of rotatable bonds is 9. The van der Waals surface area contributed by atoms with E-state index in [1.807, 2.05) is 0 Å². The summed E-state index contributed by atoms with van der Waals surface area (Å²) in [4.78, 5) is 2.55. The van der Waals surface area contributed by atoms with Gasteiger partial charge in [0.1, 0.15) is 0 Å². The lowest BCUT2D eigenvalue weighted by Crippen LogP contribution is -2.54. The number of nitrogens with one attached hydrogen (secondary N) is 1. The molecular formula is C15H32N2O2. The molecule has 19 heavy (non-hydrogen) atoms. The van der Waals surface area contributed by atoms with Crippen molar-refractivity contribution in [1.82, 2.24) is 10.2 Å². The summed E-state index contributed by atoms with van der Waals surface area (Å²) < 4.78 is 10.5. The second-order valence-electron chi connectivity index (χ2n) is 5.57. The van der Waals surface area contributed by atoms with E-state index in [1.54, 1.807) is 14.2 Å². The maximum atomic E-state index is 5.26. The van der Waals surface area contributed by atoms with Crippen molar-refractivity contribution in [3.05, 3.63) is 0 Å². The molecule has 3 atom stereocenters. The van der Waals surface area contributed by atoms with Gasteiger partial charge in [-0.3, -0.25) is 4.90 Å². The van der Waals surface area contributed by atoms with Gasteiger partial charge >= 0.3 is 0 Å². The lowest BCUT2D eigenvalue weighted by molar-refractivity contribution is 0.0484. The minimum absolute atomic E-state index is 0.608. The molecule has 3 unspecified atom stereocenters. The van der Waals surface area contributed by atoms with Crippen LogP contribution in [-0.2, 0) is 9.47 Å². The van der Waals surface area contributed by atoms with Crippen molar-refractivity contribution in [2.24, 2.45) is 5.92 Å². The zero-order chi connectivity index (χ0) is 14.1. The third kappa shape index (κ3) is 5.38. The van der Waals surface area contributed by atoms with E-state index in [-0.39, 0.29) is 0 Å². The Morgan fingerprint density at radius 3 is 2.21 bits per heavy atom. The monoisotopic (exact) mass is 272 g/mol. The van der Waals surface area contributed by atoms with Gasteiger partial charge in [0.25, 0.3) is 0 Å². The van der Waals surface area contributed by atoms with Crippen LogP contribution in [0.2, 0.25) is 0 Å². The summed E-state index contributed by atoms with van der Waals surface area (Å²) in [7, 11) is 5.65. The number of hydrogen-bond acceptors (Lipinski definition) is 4. The third-order valence-electron chi connectivity index (χ3n) is 4.51. The molecule has 114 valence electrons. The summed E-state index contributed by atoms with van der Waals surface area (Å²) in [5.74, 6) is 0.877. The van der Waals surface area contributed by atoms with Gasteiger partial charge in [-0.05, 0) is 32.2 Å². The zero-order valence-electron chi connectivity index (χ0n) is 13.2. The van der Waals surface area contributed by atoms with Crippen molar-refractivity contribution >= 4 is 0 Å². The lowest BCUT2D eigenvalue weighted by atomic mass is 9.80. The van der Waals surface area contributed by atoms with E-state index >= 15 is 0 Å². The van der Waals surface area contributed by atoms with E-state index in [9.17, 15) is 0 Å². The number of likely N-dealkylation sites (N-methyl/N-ethyl adjacent to an activating group) is 1. The Morgan fingerprint density at radius 2 is 1.74 bits per heavy atom. The van der Waals surface area contributed by atoms with E-state index in [2.05, 4.69) is 24.2 Å². The molecule has 1 N–H and O–H groups in total. The first kappa shape index (κ1) is 16.9. The molecule has 0 saturated heterocycles. The highest BCUT2D eigenvalue weighted by Gasteiger charge is 2.32. The van der Waals surface area contributed by atoms with Crippen molar-refractivity contribution in [3.63, 3.8) is 0 Å². The molecule has 1 saturated carbocycles. The molecule has 4 nitrogen and oxygen atoms in total. The number of ether oxygens (including phenoxy) is 2. The van der Waals surface area contributed by atoms with Crippen LogP contribution in [0.3, 0.4) is 0 Å². The molecule has 0 heterocycles. The van der Waals surface area contributed by atoms with Gasteiger partial charge in [0.15, 0.2) is 0 Å². The average Bonchev–Trinajstić information content (AvgIpc) is 2.47. The Hall–Kier alpha value is -0.160. The van der Waals surface area contributed by atoms with Crippen LogP contribution in [0.5, 0.6) is 0 Å². The largest absolute Gasteiger partial charge is 0.383 e. The molecule has 0 spiro atoms. The number of hydrogen-bond donors (Lipinski definition) is 1. The van der Waals surface area contributed by atoms with Crippen LogP contribution in [-0.4, -0.2) is 64.6 Å². The maximum absolute atomic E-state index is 5.26. The average molecular weight is 272 g/mol. The van der Waals surface area contributed by atoms with Crippen molar-refractivity contribution in [2.75, 3.05) is 47.6 Å². The Bertz CT molecular complexity index is 218. The molecule has 0 amide bonds. The van der Waals surface area contributed by atoms with Gasteiger partial charge in [-0.25, -0.2) is 0 Å². The van der Waals surface area contributed by atoms with Gasteiger partial charge in [-0.15, -0.1) is 0 Å². The van der Waals surface area contributed by atoms with Gasteiger partial charge in [0.2, 0.25) is 0 Å². The van der Waals surface area contributed by atoms with E-state index < -0.39 is 0 Å². The van der Waals surface area contributed by atoms with Crippen molar-refractivity contribution in [1.29, 1.82) is 0 Å². The SMILES string of the molecule is CCC1CCC(NC)C(N(CCOC)CCOC)C1. The molecule has 4 heteroatoms. The predicted octanol–water partition coefficient (Wildman–Crippen LogP) is 1.75. The normalized spacial score (nSPS) is 27.9. The molecule has 1 aliphatic carbocycles. The summed E-state index contributed by atoms with van der Waals surface area (Å²) in [6.45, 7) is 5.91. The predicted molar refractivity (Wildman–Crippen MR) is 79.6 cm³/mol. The van der Waals surface area contributed by atoms with Crippen LogP contribution in [0.25, 0.3) is 0 Å². The number of nitrogens with zero attached hydrogens (tertiary/aromatic N) is 1.